The lowest BCUT2D eigenvalue weighted by Gasteiger charge is -1.95. The fourth-order valence-corrected chi connectivity index (χ4v) is 0. The van der Waals surface area contributed by atoms with E-state index in [4.69, 9.17) is 10.8 Å². The van der Waals surface area contributed by atoms with Gasteiger partial charge >= 0.3 is 0 Å². The summed E-state index contributed by atoms with van der Waals surface area (Å²) in [4.78, 5) is 0. The van der Waals surface area contributed by atoms with Crippen LogP contribution in [-0.2, 0) is 0 Å². The molecule has 0 rings (SSSR count). The predicted octanol–water partition coefficient (Wildman–Crippen LogP) is 0.172. The second kappa shape index (κ2) is 2.34. The number of rotatable bonds is 1. The molecule has 0 aliphatic rings. The van der Waals surface area contributed by atoms with Gasteiger partial charge in [0.25, 0.3) is 0 Å². The fraction of sp³-hybridized carbons (Fsp3) is 0.333. The molecule has 0 aliphatic carbocycles. The quantitative estimate of drug-likeness (QED) is 0.526. The lowest BCUT2D eigenvalue weighted by atomic mass is 10.6. The average molecular weight is 152 g/mol. The Bertz CT molecular complexity index is 61.8. The van der Waals surface area contributed by atoms with Gasteiger partial charge in [0.2, 0.25) is 0 Å². The molecule has 6 heavy (non-hydrogen) atoms. The smallest absolute Gasteiger partial charge is 0.134 e. The molecule has 0 unspecified atom stereocenters. The summed E-state index contributed by atoms with van der Waals surface area (Å²) in [6.45, 7) is 3.30. The average Bonchev–Trinajstić information content (AvgIpc) is 1.36. The van der Waals surface area contributed by atoms with Crippen molar-refractivity contribution in [3.05, 3.63) is 11.1 Å². The van der Waals surface area contributed by atoms with Crippen LogP contribution >= 0.6 is 15.9 Å². The maximum absolute atomic E-state index is 8.26. The number of hydrogen-bond donors (Lipinski definition) is 2. The van der Waals surface area contributed by atoms with Crippen molar-refractivity contribution in [2.45, 2.75) is 6.23 Å². The molecule has 0 aromatic rings. The van der Waals surface area contributed by atoms with E-state index in [9.17, 15) is 0 Å². The van der Waals surface area contributed by atoms with Crippen molar-refractivity contribution in [3.8, 4) is 0 Å². The molecule has 0 aromatic heterocycles. The Labute approximate surface area is 44.8 Å². The van der Waals surface area contributed by atoms with Gasteiger partial charge in [0.1, 0.15) is 6.23 Å². The standard InChI is InChI=1S/C3H6BrNO/c1-2(4)3(5)6/h3,6H,1,5H2/t3-/m1/s1. The molecule has 0 spiro atoms. The summed E-state index contributed by atoms with van der Waals surface area (Å²) in [7, 11) is 0. The van der Waals surface area contributed by atoms with Crippen molar-refractivity contribution in [2.75, 3.05) is 0 Å². The number of hydrogen-bond acceptors (Lipinski definition) is 2. The topological polar surface area (TPSA) is 46.2 Å². The van der Waals surface area contributed by atoms with Gasteiger partial charge in [0.05, 0.1) is 0 Å². The molecule has 2 nitrogen and oxygen atoms in total. The highest BCUT2D eigenvalue weighted by atomic mass is 79.9. The van der Waals surface area contributed by atoms with Gasteiger partial charge in [-0.2, -0.15) is 0 Å². The van der Waals surface area contributed by atoms with Crippen molar-refractivity contribution in [1.82, 2.24) is 0 Å². The predicted molar refractivity (Wildman–Crippen MR) is 28.3 cm³/mol. The molecule has 0 bridgehead atoms. The van der Waals surface area contributed by atoms with Crippen molar-refractivity contribution in [3.63, 3.8) is 0 Å². The van der Waals surface area contributed by atoms with Gasteiger partial charge in [-0.1, -0.05) is 22.5 Å². The first kappa shape index (κ1) is 6.14. The van der Waals surface area contributed by atoms with Gasteiger partial charge in [-0.05, 0) is 0 Å². The first-order valence-electron chi connectivity index (χ1n) is 1.42. The maximum Gasteiger partial charge on any atom is 0.134 e. The van der Waals surface area contributed by atoms with Crippen LogP contribution in [0.4, 0.5) is 0 Å². The second-order valence-electron chi connectivity index (χ2n) is 0.892. The number of aliphatic hydroxyl groups excluding tert-OH is 1. The summed E-state index contributed by atoms with van der Waals surface area (Å²) in [5, 5.41) is 8.26. The van der Waals surface area contributed by atoms with E-state index >= 15 is 0 Å². The first-order valence-corrected chi connectivity index (χ1v) is 2.22. The fourth-order valence-electron chi connectivity index (χ4n) is 0. The van der Waals surface area contributed by atoms with E-state index < -0.39 is 6.23 Å². The summed E-state index contributed by atoms with van der Waals surface area (Å²) in [5.41, 5.74) is 4.84. The molecular weight excluding hydrogens is 146 g/mol. The Hall–Kier alpha value is 0.140. The minimum absolute atomic E-state index is 0.405. The summed E-state index contributed by atoms with van der Waals surface area (Å²) in [6.07, 6.45) is -0.926. The molecule has 0 saturated carbocycles. The van der Waals surface area contributed by atoms with Crippen LogP contribution in [0.2, 0.25) is 0 Å². The van der Waals surface area contributed by atoms with E-state index in [1.165, 1.54) is 0 Å². The number of nitrogens with two attached hydrogens (primary N) is 1. The molecule has 0 aromatic carbocycles. The van der Waals surface area contributed by atoms with Crippen LogP contribution in [0.25, 0.3) is 0 Å². The minimum atomic E-state index is -0.926. The number of halogens is 1. The summed E-state index contributed by atoms with van der Waals surface area (Å²) < 4.78 is 0.405. The molecule has 1 atom stereocenters. The Morgan fingerprint density at radius 3 is 2.17 bits per heavy atom. The SMILES string of the molecule is C=C(Br)[C@H](N)O. The molecule has 0 radical (unpaired) electrons. The molecule has 3 N–H and O–H groups in total. The molecule has 0 aliphatic heterocycles. The van der Waals surface area contributed by atoms with Crippen LogP contribution < -0.4 is 5.73 Å². The zero-order valence-electron chi connectivity index (χ0n) is 3.19. The monoisotopic (exact) mass is 151 g/mol. The van der Waals surface area contributed by atoms with E-state index in [-0.39, 0.29) is 0 Å². The van der Waals surface area contributed by atoms with E-state index in [1.54, 1.807) is 0 Å². The Morgan fingerprint density at radius 1 is 2.00 bits per heavy atom. The van der Waals surface area contributed by atoms with E-state index in [1.807, 2.05) is 0 Å². The van der Waals surface area contributed by atoms with Gasteiger partial charge in [-0.25, -0.2) is 0 Å². The molecule has 0 fully saturated rings. The zero-order chi connectivity index (χ0) is 5.15. The van der Waals surface area contributed by atoms with Crippen molar-refractivity contribution in [2.24, 2.45) is 5.73 Å². The van der Waals surface area contributed by atoms with Gasteiger partial charge in [0, 0.05) is 4.48 Å². The van der Waals surface area contributed by atoms with Gasteiger partial charge in [0.15, 0.2) is 0 Å². The van der Waals surface area contributed by atoms with Crippen LogP contribution in [0.1, 0.15) is 0 Å². The second-order valence-corrected chi connectivity index (χ2v) is 1.91. The van der Waals surface area contributed by atoms with E-state index in [0.29, 0.717) is 4.48 Å². The van der Waals surface area contributed by atoms with Crippen molar-refractivity contribution in [1.29, 1.82) is 0 Å². The third kappa shape index (κ3) is 2.38. The Morgan fingerprint density at radius 2 is 2.17 bits per heavy atom. The lowest BCUT2D eigenvalue weighted by Crippen LogP contribution is -2.17. The first-order chi connectivity index (χ1) is 2.64. The van der Waals surface area contributed by atoms with Crippen LogP contribution in [0.5, 0.6) is 0 Å². The highest BCUT2D eigenvalue weighted by Crippen LogP contribution is 2.00. The van der Waals surface area contributed by atoms with Crippen LogP contribution in [-0.4, -0.2) is 11.3 Å². The van der Waals surface area contributed by atoms with Crippen LogP contribution in [0.15, 0.2) is 11.1 Å². The van der Waals surface area contributed by atoms with Gasteiger partial charge in [-0.15, -0.1) is 0 Å². The third-order valence-electron chi connectivity index (χ3n) is 0.321. The maximum atomic E-state index is 8.26. The molecule has 0 saturated heterocycles. The highest BCUT2D eigenvalue weighted by molar-refractivity contribution is 9.11. The van der Waals surface area contributed by atoms with Crippen LogP contribution in [0.3, 0.4) is 0 Å². The van der Waals surface area contributed by atoms with Crippen LogP contribution in [0, 0.1) is 0 Å². The normalized spacial score (nSPS) is 13.8. The van der Waals surface area contributed by atoms with Gasteiger partial charge in [-0.3, -0.25) is 0 Å². The molecule has 0 heterocycles. The largest absolute Gasteiger partial charge is 0.374 e. The third-order valence-corrected chi connectivity index (χ3v) is 0.790. The van der Waals surface area contributed by atoms with Crippen molar-refractivity contribution < 1.29 is 5.11 Å². The highest BCUT2D eigenvalue weighted by Gasteiger charge is 1.92. The Balaban J connectivity index is 3.26. The van der Waals surface area contributed by atoms with E-state index in [2.05, 4.69) is 22.5 Å². The molecule has 0 amide bonds. The molecule has 3 heteroatoms. The Kier molecular flexibility index (Phi) is 2.39. The number of aliphatic hydroxyl groups is 1. The molecular formula is C3H6BrNO. The summed E-state index contributed by atoms with van der Waals surface area (Å²) in [5.74, 6) is 0. The zero-order valence-corrected chi connectivity index (χ0v) is 4.77. The lowest BCUT2D eigenvalue weighted by molar-refractivity contribution is 0.229. The van der Waals surface area contributed by atoms with Crippen molar-refractivity contribution >= 4 is 15.9 Å². The van der Waals surface area contributed by atoms with E-state index in [0.717, 1.165) is 0 Å². The minimum Gasteiger partial charge on any atom is -0.374 e. The molecule has 36 valence electrons. The summed E-state index contributed by atoms with van der Waals surface area (Å²) >= 11 is 2.87. The summed E-state index contributed by atoms with van der Waals surface area (Å²) in [6, 6.07) is 0. The van der Waals surface area contributed by atoms with Gasteiger partial charge < -0.3 is 10.8 Å².